The third-order valence-electron chi connectivity index (χ3n) is 3.40. The Morgan fingerprint density at radius 2 is 2.28 bits per heavy atom. The van der Waals surface area contributed by atoms with Gasteiger partial charge in [-0.15, -0.1) is 22.7 Å². The summed E-state index contributed by atoms with van der Waals surface area (Å²) in [5.41, 5.74) is 1.43. The monoisotopic (exact) mass is 297 g/mol. The fourth-order valence-corrected chi connectivity index (χ4v) is 4.76. The average Bonchev–Trinajstić information content (AvgIpc) is 2.91. The Morgan fingerprint density at radius 1 is 1.39 bits per heavy atom. The van der Waals surface area contributed by atoms with Crippen molar-refractivity contribution in [3.8, 4) is 0 Å². The van der Waals surface area contributed by atoms with Crippen LogP contribution in [-0.2, 0) is 13.0 Å². The van der Waals surface area contributed by atoms with Crippen LogP contribution in [0, 0.1) is 6.92 Å². The van der Waals surface area contributed by atoms with E-state index in [9.17, 15) is 0 Å². The third-order valence-corrected chi connectivity index (χ3v) is 5.74. The molecule has 0 radical (unpaired) electrons. The molecule has 2 aromatic heterocycles. The molecular formula is C14H16ClNS2. The van der Waals surface area contributed by atoms with E-state index >= 15 is 0 Å². The molecule has 0 amide bonds. The van der Waals surface area contributed by atoms with E-state index in [0.29, 0.717) is 6.04 Å². The zero-order valence-corrected chi connectivity index (χ0v) is 12.7. The molecule has 1 aliphatic carbocycles. The SMILES string of the molecule is Cc1ccc(CNC2CCCc3sc(Cl)cc32)s1. The van der Waals surface area contributed by atoms with Gasteiger partial charge in [-0.25, -0.2) is 0 Å². The second-order valence-corrected chi connectivity index (χ2v) is 7.91. The molecule has 4 heteroatoms. The number of thiophene rings is 2. The summed E-state index contributed by atoms with van der Waals surface area (Å²) in [5.74, 6) is 0. The molecule has 0 bridgehead atoms. The lowest BCUT2D eigenvalue weighted by Gasteiger charge is -2.23. The minimum Gasteiger partial charge on any atom is -0.305 e. The summed E-state index contributed by atoms with van der Waals surface area (Å²) < 4.78 is 0.931. The smallest absolute Gasteiger partial charge is 0.0934 e. The molecule has 0 saturated carbocycles. The molecule has 0 aliphatic heterocycles. The number of nitrogens with one attached hydrogen (secondary N) is 1. The molecule has 2 aromatic rings. The summed E-state index contributed by atoms with van der Waals surface area (Å²) in [6.45, 7) is 3.13. The molecule has 0 aromatic carbocycles. The molecule has 1 atom stereocenters. The van der Waals surface area contributed by atoms with Crippen molar-refractivity contribution < 1.29 is 0 Å². The van der Waals surface area contributed by atoms with E-state index < -0.39 is 0 Å². The van der Waals surface area contributed by atoms with Gasteiger partial charge in [0.05, 0.1) is 4.34 Å². The lowest BCUT2D eigenvalue weighted by Crippen LogP contribution is -2.23. The van der Waals surface area contributed by atoms with Gasteiger partial charge in [-0.3, -0.25) is 0 Å². The van der Waals surface area contributed by atoms with Crippen molar-refractivity contribution in [3.05, 3.63) is 42.7 Å². The maximum Gasteiger partial charge on any atom is 0.0934 e. The molecule has 1 N–H and O–H groups in total. The standard InChI is InChI=1S/C14H16ClNS2/c1-9-5-6-10(17-9)8-16-12-3-2-4-13-11(12)7-14(15)18-13/h5-7,12,16H,2-4,8H2,1H3. The van der Waals surface area contributed by atoms with Crippen LogP contribution in [0.1, 0.15) is 39.1 Å². The molecule has 0 spiro atoms. The second-order valence-electron chi connectivity index (χ2n) is 4.77. The van der Waals surface area contributed by atoms with Crippen LogP contribution < -0.4 is 5.32 Å². The first kappa shape index (κ1) is 12.7. The van der Waals surface area contributed by atoms with E-state index in [0.717, 1.165) is 10.9 Å². The highest BCUT2D eigenvalue weighted by molar-refractivity contribution is 7.16. The van der Waals surface area contributed by atoms with Gasteiger partial charge in [-0.1, -0.05) is 11.6 Å². The first-order valence-corrected chi connectivity index (χ1v) is 8.30. The zero-order chi connectivity index (χ0) is 12.5. The molecule has 0 saturated heterocycles. The topological polar surface area (TPSA) is 12.0 Å². The van der Waals surface area contributed by atoms with Crippen LogP contribution in [0.3, 0.4) is 0 Å². The molecule has 2 heterocycles. The fourth-order valence-electron chi connectivity index (χ4n) is 2.54. The van der Waals surface area contributed by atoms with Crippen molar-refractivity contribution in [1.29, 1.82) is 0 Å². The summed E-state index contributed by atoms with van der Waals surface area (Å²) in [6, 6.07) is 7.05. The largest absolute Gasteiger partial charge is 0.305 e. The Hall–Kier alpha value is -0.350. The minimum absolute atomic E-state index is 0.486. The van der Waals surface area contributed by atoms with Crippen LogP contribution >= 0.6 is 34.3 Å². The number of halogens is 1. The van der Waals surface area contributed by atoms with Gasteiger partial charge in [0.1, 0.15) is 0 Å². The quantitative estimate of drug-likeness (QED) is 0.846. The van der Waals surface area contributed by atoms with Gasteiger partial charge in [-0.2, -0.15) is 0 Å². The fraction of sp³-hybridized carbons (Fsp3) is 0.429. The van der Waals surface area contributed by atoms with Gasteiger partial charge >= 0.3 is 0 Å². The molecule has 96 valence electrons. The Labute approximate surface area is 121 Å². The first-order valence-electron chi connectivity index (χ1n) is 6.29. The highest BCUT2D eigenvalue weighted by Gasteiger charge is 2.22. The van der Waals surface area contributed by atoms with E-state index in [2.05, 4.69) is 30.4 Å². The number of rotatable bonds is 3. The van der Waals surface area contributed by atoms with Crippen molar-refractivity contribution in [1.82, 2.24) is 5.32 Å². The molecule has 1 nitrogen and oxygen atoms in total. The minimum atomic E-state index is 0.486. The lowest BCUT2D eigenvalue weighted by molar-refractivity contribution is 0.465. The van der Waals surface area contributed by atoms with Crippen LogP contribution in [0.5, 0.6) is 0 Å². The Morgan fingerprint density at radius 3 is 3.06 bits per heavy atom. The van der Waals surface area contributed by atoms with E-state index in [4.69, 9.17) is 11.6 Å². The highest BCUT2D eigenvalue weighted by Crippen LogP contribution is 2.38. The highest BCUT2D eigenvalue weighted by atomic mass is 35.5. The van der Waals surface area contributed by atoms with Crippen LogP contribution in [-0.4, -0.2) is 0 Å². The van der Waals surface area contributed by atoms with Gasteiger partial charge in [0.25, 0.3) is 0 Å². The van der Waals surface area contributed by atoms with Gasteiger partial charge in [0.15, 0.2) is 0 Å². The maximum absolute atomic E-state index is 6.13. The molecule has 0 fully saturated rings. The van der Waals surface area contributed by atoms with Crippen molar-refractivity contribution in [2.24, 2.45) is 0 Å². The Kier molecular flexibility index (Phi) is 3.76. The second kappa shape index (κ2) is 5.33. The van der Waals surface area contributed by atoms with Crippen LogP contribution in [0.15, 0.2) is 18.2 Å². The van der Waals surface area contributed by atoms with Crippen LogP contribution in [0.4, 0.5) is 0 Å². The molecule has 1 unspecified atom stereocenters. The first-order chi connectivity index (χ1) is 8.72. The normalized spacial score (nSPS) is 18.9. The van der Waals surface area contributed by atoms with Crippen molar-refractivity contribution in [3.63, 3.8) is 0 Å². The maximum atomic E-state index is 6.13. The lowest BCUT2D eigenvalue weighted by atomic mass is 9.94. The third kappa shape index (κ3) is 2.64. The molecular weight excluding hydrogens is 282 g/mol. The van der Waals surface area contributed by atoms with Gasteiger partial charge in [0, 0.05) is 27.2 Å². The molecule has 1 aliphatic rings. The van der Waals surface area contributed by atoms with E-state index in [1.54, 1.807) is 11.3 Å². The van der Waals surface area contributed by atoms with E-state index in [1.165, 1.54) is 39.5 Å². The Bertz CT molecular complexity index is 544. The number of aryl methyl sites for hydroxylation is 2. The average molecular weight is 298 g/mol. The summed E-state index contributed by atoms with van der Waals surface area (Å²) in [5, 5.41) is 3.68. The number of hydrogen-bond acceptors (Lipinski definition) is 3. The van der Waals surface area contributed by atoms with Gasteiger partial charge in [-0.05, 0) is 49.9 Å². The predicted octanol–water partition coefficient (Wildman–Crippen LogP) is 4.94. The van der Waals surface area contributed by atoms with Crippen LogP contribution in [0.25, 0.3) is 0 Å². The van der Waals surface area contributed by atoms with Gasteiger partial charge < -0.3 is 5.32 Å². The van der Waals surface area contributed by atoms with Crippen molar-refractivity contribution >= 4 is 34.3 Å². The summed E-state index contributed by atoms with van der Waals surface area (Å²) in [4.78, 5) is 4.28. The van der Waals surface area contributed by atoms with E-state index in [-0.39, 0.29) is 0 Å². The summed E-state index contributed by atoms with van der Waals surface area (Å²) in [6.07, 6.45) is 3.69. The Balaban J connectivity index is 1.70. The molecule has 18 heavy (non-hydrogen) atoms. The summed E-state index contributed by atoms with van der Waals surface area (Å²) >= 11 is 9.75. The zero-order valence-electron chi connectivity index (χ0n) is 10.3. The number of hydrogen-bond donors (Lipinski definition) is 1. The van der Waals surface area contributed by atoms with Crippen LogP contribution in [0.2, 0.25) is 4.34 Å². The summed E-state index contributed by atoms with van der Waals surface area (Å²) in [7, 11) is 0. The predicted molar refractivity (Wildman–Crippen MR) is 80.9 cm³/mol. The van der Waals surface area contributed by atoms with Crippen molar-refractivity contribution in [2.45, 2.75) is 38.8 Å². The number of fused-ring (bicyclic) bond motifs is 1. The molecule has 3 rings (SSSR count). The van der Waals surface area contributed by atoms with Gasteiger partial charge in [0.2, 0.25) is 0 Å². The van der Waals surface area contributed by atoms with Crippen molar-refractivity contribution in [2.75, 3.05) is 0 Å². The van der Waals surface area contributed by atoms with E-state index in [1.807, 2.05) is 11.3 Å².